The van der Waals surface area contributed by atoms with Gasteiger partial charge >= 0.3 is 6.36 Å². The molecule has 19 heavy (non-hydrogen) atoms. The SMILES string of the molecule is FC(F)(F)OCCOc1ccc(CNC2CC2)nc1. The lowest BCUT2D eigenvalue weighted by Gasteiger charge is -2.09. The highest BCUT2D eigenvalue weighted by molar-refractivity contribution is 5.19. The first-order chi connectivity index (χ1) is 9.03. The molecule has 4 nitrogen and oxygen atoms in total. The highest BCUT2D eigenvalue weighted by atomic mass is 19.4. The van der Waals surface area contributed by atoms with Gasteiger partial charge in [0.1, 0.15) is 12.4 Å². The summed E-state index contributed by atoms with van der Waals surface area (Å²) < 4.78 is 43.8. The molecule has 0 aliphatic heterocycles. The Morgan fingerprint density at radius 2 is 2.05 bits per heavy atom. The van der Waals surface area contributed by atoms with Gasteiger partial charge in [-0.3, -0.25) is 9.72 Å². The summed E-state index contributed by atoms with van der Waals surface area (Å²) in [6, 6.07) is 4.08. The van der Waals surface area contributed by atoms with Crippen molar-refractivity contribution in [3.8, 4) is 5.75 Å². The Morgan fingerprint density at radius 1 is 1.26 bits per heavy atom. The van der Waals surface area contributed by atoms with E-state index in [1.165, 1.54) is 19.0 Å². The van der Waals surface area contributed by atoms with Crippen LogP contribution in [-0.4, -0.2) is 30.6 Å². The molecule has 1 N–H and O–H groups in total. The number of alkyl halides is 3. The molecule has 1 saturated carbocycles. The second-order valence-electron chi connectivity index (χ2n) is 4.28. The second-order valence-corrected chi connectivity index (χ2v) is 4.28. The van der Waals surface area contributed by atoms with Crippen LogP contribution < -0.4 is 10.1 Å². The Bertz CT molecular complexity index is 391. The maximum Gasteiger partial charge on any atom is 0.522 e. The third-order valence-corrected chi connectivity index (χ3v) is 2.56. The molecule has 7 heteroatoms. The van der Waals surface area contributed by atoms with Crippen molar-refractivity contribution in [1.29, 1.82) is 0 Å². The van der Waals surface area contributed by atoms with E-state index < -0.39 is 13.0 Å². The summed E-state index contributed by atoms with van der Waals surface area (Å²) in [6.45, 7) is -0.00250. The van der Waals surface area contributed by atoms with Crippen LogP contribution in [0.4, 0.5) is 13.2 Å². The van der Waals surface area contributed by atoms with Crippen LogP contribution in [0.25, 0.3) is 0 Å². The normalized spacial score (nSPS) is 15.5. The maximum atomic E-state index is 11.7. The van der Waals surface area contributed by atoms with E-state index in [1.54, 1.807) is 12.1 Å². The van der Waals surface area contributed by atoms with Gasteiger partial charge in [0.15, 0.2) is 0 Å². The minimum absolute atomic E-state index is 0.166. The zero-order chi connectivity index (χ0) is 13.7. The smallest absolute Gasteiger partial charge is 0.490 e. The summed E-state index contributed by atoms with van der Waals surface area (Å²) in [6.07, 6.45) is -0.696. The number of hydrogen-bond acceptors (Lipinski definition) is 4. The zero-order valence-corrected chi connectivity index (χ0v) is 10.2. The summed E-state index contributed by atoms with van der Waals surface area (Å²) in [5.41, 5.74) is 0.880. The number of aromatic nitrogens is 1. The highest BCUT2D eigenvalue weighted by Gasteiger charge is 2.28. The van der Waals surface area contributed by atoms with Crippen molar-refractivity contribution in [3.63, 3.8) is 0 Å². The van der Waals surface area contributed by atoms with Crippen LogP contribution in [0.2, 0.25) is 0 Å². The summed E-state index contributed by atoms with van der Waals surface area (Å²) in [4.78, 5) is 4.16. The van der Waals surface area contributed by atoms with E-state index in [9.17, 15) is 13.2 Å². The molecule has 0 spiro atoms. The van der Waals surface area contributed by atoms with Crippen LogP contribution in [0.1, 0.15) is 18.5 Å². The fraction of sp³-hybridized carbons (Fsp3) is 0.583. The zero-order valence-electron chi connectivity index (χ0n) is 10.2. The molecular formula is C12H15F3N2O2. The lowest BCUT2D eigenvalue weighted by Crippen LogP contribution is -2.18. The summed E-state index contributed by atoms with van der Waals surface area (Å²) in [5, 5.41) is 3.31. The van der Waals surface area contributed by atoms with Gasteiger partial charge in [-0.2, -0.15) is 0 Å². The molecule has 0 bridgehead atoms. The molecule has 1 heterocycles. The second kappa shape index (κ2) is 6.21. The predicted octanol–water partition coefficient (Wildman–Crippen LogP) is 2.25. The molecule has 1 aromatic heterocycles. The Morgan fingerprint density at radius 3 is 2.63 bits per heavy atom. The van der Waals surface area contributed by atoms with Crippen molar-refractivity contribution >= 4 is 0 Å². The molecule has 0 saturated heterocycles. The van der Waals surface area contributed by atoms with Crippen molar-refractivity contribution in [3.05, 3.63) is 24.0 Å². The number of hydrogen-bond donors (Lipinski definition) is 1. The number of ether oxygens (including phenoxy) is 2. The number of pyridine rings is 1. The molecule has 1 aliphatic carbocycles. The first-order valence-corrected chi connectivity index (χ1v) is 6.05. The van der Waals surface area contributed by atoms with Gasteiger partial charge in [0.25, 0.3) is 0 Å². The average molecular weight is 276 g/mol. The Kier molecular flexibility index (Phi) is 4.60. The molecule has 106 valence electrons. The van der Waals surface area contributed by atoms with Crippen LogP contribution in [0.5, 0.6) is 5.75 Å². The van der Waals surface area contributed by atoms with Gasteiger partial charge < -0.3 is 10.1 Å². The number of nitrogens with one attached hydrogen (secondary N) is 1. The van der Waals surface area contributed by atoms with Gasteiger partial charge in [0.2, 0.25) is 0 Å². The molecule has 2 rings (SSSR count). The molecule has 0 aromatic carbocycles. The van der Waals surface area contributed by atoms with Crippen LogP contribution in [0.3, 0.4) is 0 Å². The van der Waals surface area contributed by atoms with Gasteiger partial charge in [-0.1, -0.05) is 0 Å². The molecule has 1 aliphatic rings. The lowest BCUT2D eigenvalue weighted by atomic mass is 10.3. The van der Waals surface area contributed by atoms with Crippen molar-refractivity contribution < 1.29 is 22.6 Å². The minimum Gasteiger partial charge on any atom is -0.490 e. The fourth-order valence-corrected chi connectivity index (χ4v) is 1.45. The third-order valence-electron chi connectivity index (χ3n) is 2.56. The average Bonchev–Trinajstić information content (AvgIpc) is 3.16. The van der Waals surface area contributed by atoms with Gasteiger partial charge in [0.05, 0.1) is 18.5 Å². The van der Waals surface area contributed by atoms with Gasteiger partial charge in [0, 0.05) is 12.6 Å². The Balaban J connectivity index is 1.66. The maximum absolute atomic E-state index is 11.7. The summed E-state index contributed by atoms with van der Waals surface area (Å²) >= 11 is 0. The van der Waals surface area contributed by atoms with Gasteiger partial charge in [-0.25, -0.2) is 0 Å². The molecule has 1 aromatic rings. The first-order valence-electron chi connectivity index (χ1n) is 6.05. The van der Waals surface area contributed by atoms with Crippen LogP contribution in [0.15, 0.2) is 18.3 Å². The van der Waals surface area contributed by atoms with E-state index >= 15 is 0 Å². The molecule has 0 atom stereocenters. The highest BCUT2D eigenvalue weighted by Crippen LogP contribution is 2.19. The summed E-state index contributed by atoms with van der Waals surface area (Å²) in [7, 11) is 0. The quantitative estimate of drug-likeness (QED) is 0.776. The topological polar surface area (TPSA) is 43.4 Å². The van der Waals surface area contributed by atoms with E-state index in [1.807, 2.05) is 0 Å². The van der Waals surface area contributed by atoms with Crippen molar-refractivity contribution in [2.75, 3.05) is 13.2 Å². The van der Waals surface area contributed by atoms with Crippen LogP contribution in [0, 0.1) is 0 Å². The Hall–Kier alpha value is -1.34. The van der Waals surface area contributed by atoms with Crippen molar-refractivity contribution in [1.82, 2.24) is 10.3 Å². The van der Waals surface area contributed by atoms with E-state index in [0.717, 1.165) is 5.69 Å². The van der Waals surface area contributed by atoms with Gasteiger partial charge in [-0.05, 0) is 25.0 Å². The largest absolute Gasteiger partial charge is 0.522 e. The third kappa shape index (κ3) is 5.89. The van der Waals surface area contributed by atoms with Gasteiger partial charge in [-0.15, -0.1) is 13.2 Å². The van der Waals surface area contributed by atoms with Crippen molar-refractivity contribution in [2.45, 2.75) is 31.8 Å². The Labute approximate surface area is 108 Å². The summed E-state index contributed by atoms with van der Waals surface area (Å²) in [5.74, 6) is 0.431. The molecule has 0 unspecified atom stereocenters. The lowest BCUT2D eigenvalue weighted by molar-refractivity contribution is -0.325. The molecule has 0 radical (unpaired) electrons. The predicted molar refractivity (Wildman–Crippen MR) is 61.6 cm³/mol. The van der Waals surface area contributed by atoms with Crippen LogP contribution >= 0.6 is 0 Å². The molecular weight excluding hydrogens is 261 g/mol. The van der Waals surface area contributed by atoms with Crippen LogP contribution in [-0.2, 0) is 11.3 Å². The van der Waals surface area contributed by atoms with Crippen molar-refractivity contribution in [2.24, 2.45) is 0 Å². The first kappa shape index (κ1) is 14.1. The number of rotatable bonds is 7. The van der Waals surface area contributed by atoms with E-state index in [4.69, 9.17) is 4.74 Å². The van der Waals surface area contributed by atoms with E-state index in [-0.39, 0.29) is 6.61 Å². The standard InChI is InChI=1S/C12H15F3N2O2/c13-12(14,15)19-6-5-18-11-4-3-10(17-8-11)7-16-9-1-2-9/h3-4,8-9,16H,1-2,5-7H2. The monoisotopic (exact) mass is 276 g/mol. The van der Waals surface area contributed by atoms with E-state index in [0.29, 0.717) is 18.3 Å². The molecule has 1 fully saturated rings. The fourth-order valence-electron chi connectivity index (χ4n) is 1.45. The molecule has 0 amide bonds. The van der Waals surface area contributed by atoms with E-state index in [2.05, 4.69) is 15.0 Å². The minimum atomic E-state index is -4.61. The number of halogens is 3. The number of nitrogens with zero attached hydrogens (tertiary/aromatic N) is 1.